The minimum atomic E-state index is -0.877. The van der Waals surface area contributed by atoms with E-state index in [1.54, 1.807) is 0 Å². The summed E-state index contributed by atoms with van der Waals surface area (Å²) in [5.74, 6) is -0.877. The lowest BCUT2D eigenvalue weighted by molar-refractivity contribution is -0.136. The smallest absolute Gasteiger partial charge is 0.316 e. The second-order valence-corrected chi connectivity index (χ2v) is 1.79. The molecular weight excluding hydrogens is 116 g/mol. The highest BCUT2D eigenvalue weighted by molar-refractivity contribution is 7.81. The van der Waals surface area contributed by atoms with Crippen LogP contribution in [0.15, 0.2) is 0 Å². The van der Waals surface area contributed by atoms with E-state index in [1.165, 1.54) is 6.92 Å². The zero-order valence-electron chi connectivity index (χ0n) is 3.88. The van der Waals surface area contributed by atoms with Gasteiger partial charge in [-0.1, -0.05) is 0 Å². The fourth-order valence-corrected chi connectivity index (χ4v) is 0. The normalized spacial score (nSPS) is 11.7. The van der Waals surface area contributed by atoms with E-state index in [-0.39, 0.29) is 5.48 Å². The standard InChI is InChI=1S/C3H6O2S.H2O/c1-2(6)3(4)5;/h2,6H,1H3,(H,4,5);1H2. The number of thiol groups is 1. The number of rotatable bonds is 1. The lowest BCUT2D eigenvalue weighted by Crippen LogP contribution is -2.06. The molecule has 0 spiro atoms. The Hall–Kier alpha value is -0.220. The molecule has 0 rings (SSSR count). The van der Waals surface area contributed by atoms with Crippen LogP contribution in [0, 0.1) is 0 Å². The van der Waals surface area contributed by atoms with Gasteiger partial charge in [-0.05, 0) is 6.92 Å². The van der Waals surface area contributed by atoms with Crippen molar-refractivity contribution in [2.75, 3.05) is 0 Å². The van der Waals surface area contributed by atoms with Gasteiger partial charge in [0.05, 0.1) is 5.25 Å². The molecular formula is C3H8O3S. The Bertz CT molecular complexity index is 61.2. The van der Waals surface area contributed by atoms with Gasteiger partial charge >= 0.3 is 5.97 Å². The Morgan fingerprint density at radius 2 is 2.00 bits per heavy atom. The number of hydrogen-bond acceptors (Lipinski definition) is 2. The van der Waals surface area contributed by atoms with Crippen LogP contribution in [0.1, 0.15) is 6.92 Å². The van der Waals surface area contributed by atoms with Crippen LogP contribution < -0.4 is 0 Å². The number of aliphatic carboxylic acids is 1. The molecule has 0 aromatic heterocycles. The molecule has 0 fully saturated rings. The van der Waals surface area contributed by atoms with Crippen molar-refractivity contribution in [2.24, 2.45) is 0 Å². The molecule has 0 aromatic rings. The lowest BCUT2D eigenvalue weighted by Gasteiger charge is -1.88. The number of hydrogen-bond donors (Lipinski definition) is 2. The van der Waals surface area contributed by atoms with Crippen molar-refractivity contribution >= 4 is 18.6 Å². The van der Waals surface area contributed by atoms with Crippen molar-refractivity contribution in [1.82, 2.24) is 0 Å². The molecule has 0 bridgehead atoms. The SMILES string of the molecule is CC(S)C(=O)O.O. The Kier molecular flexibility index (Phi) is 5.60. The van der Waals surface area contributed by atoms with Crippen molar-refractivity contribution in [3.05, 3.63) is 0 Å². The van der Waals surface area contributed by atoms with Crippen molar-refractivity contribution in [3.8, 4) is 0 Å². The third-order valence-corrected chi connectivity index (χ3v) is 0.578. The maximum absolute atomic E-state index is 9.62. The summed E-state index contributed by atoms with van der Waals surface area (Å²) in [5, 5.41) is 7.38. The zero-order chi connectivity index (χ0) is 5.15. The lowest BCUT2D eigenvalue weighted by atomic mass is 10.5. The fraction of sp³-hybridized carbons (Fsp3) is 0.667. The summed E-state index contributed by atoms with van der Waals surface area (Å²) in [5.41, 5.74) is 0. The van der Waals surface area contributed by atoms with E-state index in [0.29, 0.717) is 0 Å². The van der Waals surface area contributed by atoms with Crippen molar-refractivity contribution < 1.29 is 15.4 Å². The topological polar surface area (TPSA) is 68.8 Å². The molecule has 0 aliphatic carbocycles. The average Bonchev–Trinajstić information content (AvgIpc) is 1.36. The summed E-state index contributed by atoms with van der Waals surface area (Å²) in [4.78, 5) is 9.62. The third kappa shape index (κ3) is 5.78. The van der Waals surface area contributed by atoms with Gasteiger partial charge in [0.1, 0.15) is 0 Å². The van der Waals surface area contributed by atoms with Crippen LogP contribution in [0.2, 0.25) is 0 Å². The molecule has 0 saturated carbocycles. The number of carboxylic acid groups (broad SMARTS) is 1. The highest BCUT2D eigenvalue weighted by Gasteiger charge is 2.00. The molecule has 1 unspecified atom stereocenters. The summed E-state index contributed by atoms with van der Waals surface area (Å²) in [6, 6.07) is 0. The molecule has 0 amide bonds. The van der Waals surface area contributed by atoms with E-state index >= 15 is 0 Å². The zero-order valence-corrected chi connectivity index (χ0v) is 4.77. The molecule has 44 valence electrons. The molecule has 0 aromatic carbocycles. The van der Waals surface area contributed by atoms with Gasteiger partial charge in [-0.3, -0.25) is 4.79 Å². The van der Waals surface area contributed by atoms with E-state index in [9.17, 15) is 4.79 Å². The van der Waals surface area contributed by atoms with Gasteiger partial charge in [-0.15, -0.1) is 0 Å². The maximum Gasteiger partial charge on any atom is 0.316 e. The van der Waals surface area contributed by atoms with E-state index in [4.69, 9.17) is 5.11 Å². The molecule has 0 heterocycles. The van der Waals surface area contributed by atoms with Crippen LogP contribution in [0.4, 0.5) is 0 Å². The second kappa shape index (κ2) is 3.95. The first kappa shape index (κ1) is 9.91. The largest absolute Gasteiger partial charge is 0.480 e. The van der Waals surface area contributed by atoms with E-state index < -0.39 is 11.2 Å². The molecule has 0 saturated heterocycles. The highest BCUT2D eigenvalue weighted by atomic mass is 32.1. The van der Waals surface area contributed by atoms with Crippen LogP contribution >= 0.6 is 12.6 Å². The van der Waals surface area contributed by atoms with Crippen LogP contribution in [0.5, 0.6) is 0 Å². The van der Waals surface area contributed by atoms with Crippen LogP contribution in [-0.4, -0.2) is 21.8 Å². The summed E-state index contributed by atoms with van der Waals surface area (Å²) < 4.78 is 0. The maximum atomic E-state index is 9.62. The summed E-state index contributed by atoms with van der Waals surface area (Å²) >= 11 is 3.59. The van der Waals surface area contributed by atoms with Crippen molar-refractivity contribution in [1.29, 1.82) is 0 Å². The fourth-order valence-electron chi connectivity index (χ4n) is 0. The summed E-state index contributed by atoms with van der Waals surface area (Å²) in [6.45, 7) is 1.51. The second-order valence-electron chi connectivity index (χ2n) is 1.01. The average molecular weight is 124 g/mol. The minimum absolute atomic E-state index is 0. The van der Waals surface area contributed by atoms with Crippen molar-refractivity contribution in [2.45, 2.75) is 12.2 Å². The minimum Gasteiger partial charge on any atom is -0.480 e. The van der Waals surface area contributed by atoms with Gasteiger partial charge in [-0.25, -0.2) is 0 Å². The van der Waals surface area contributed by atoms with Gasteiger partial charge < -0.3 is 10.6 Å². The first-order valence-electron chi connectivity index (χ1n) is 1.55. The Balaban J connectivity index is 0. The van der Waals surface area contributed by atoms with E-state index in [1.807, 2.05) is 0 Å². The van der Waals surface area contributed by atoms with E-state index in [0.717, 1.165) is 0 Å². The first-order chi connectivity index (χ1) is 2.64. The first-order valence-corrected chi connectivity index (χ1v) is 2.07. The third-order valence-electron chi connectivity index (χ3n) is 0.357. The van der Waals surface area contributed by atoms with Crippen LogP contribution in [0.3, 0.4) is 0 Å². The monoisotopic (exact) mass is 124 g/mol. The summed E-state index contributed by atoms with van der Waals surface area (Å²) in [6.07, 6.45) is 0. The summed E-state index contributed by atoms with van der Waals surface area (Å²) in [7, 11) is 0. The van der Waals surface area contributed by atoms with Gasteiger partial charge in [0.2, 0.25) is 0 Å². The number of carboxylic acids is 1. The Morgan fingerprint density at radius 3 is 2.00 bits per heavy atom. The predicted octanol–water partition coefficient (Wildman–Crippen LogP) is -0.435. The molecule has 4 heteroatoms. The predicted molar refractivity (Wildman–Crippen MR) is 29.7 cm³/mol. The number of carbonyl (C=O) groups is 1. The van der Waals surface area contributed by atoms with E-state index in [2.05, 4.69) is 12.6 Å². The van der Waals surface area contributed by atoms with Gasteiger partial charge in [-0.2, -0.15) is 12.6 Å². The molecule has 0 aliphatic rings. The Morgan fingerprint density at radius 1 is 1.86 bits per heavy atom. The van der Waals surface area contributed by atoms with Gasteiger partial charge in [0.25, 0.3) is 0 Å². The van der Waals surface area contributed by atoms with Crippen LogP contribution in [-0.2, 0) is 4.79 Å². The molecule has 0 aliphatic heterocycles. The van der Waals surface area contributed by atoms with Gasteiger partial charge in [0.15, 0.2) is 0 Å². The van der Waals surface area contributed by atoms with Crippen molar-refractivity contribution in [3.63, 3.8) is 0 Å². The quantitative estimate of drug-likeness (QED) is 0.465. The molecule has 3 N–H and O–H groups in total. The Labute approximate surface area is 47.1 Å². The molecule has 7 heavy (non-hydrogen) atoms. The molecule has 0 radical (unpaired) electrons. The molecule has 1 atom stereocenters. The molecule has 3 nitrogen and oxygen atoms in total. The van der Waals surface area contributed by atoms with Crippen LogP contribution in [0.25, 0.3) is 0 Å². The van der Waals surface area contributed by atoms with Gasteiger partial charge in [0, 0.05) is 0 Å². The highest BCUT2D eigenvalue weighted by Crippen LogP contribution is 1.88.